The van der Waals surface area contributed by atoms with Gasteiger partial charge in [0.25, 0.3) is 5.91 Å². The van der Waals surface area contributed by atoms with Crippen LogP contribution in [0.25, 0.3) is 22.2 Å². The van der Waals surface area contributed by atoms with E-state index in [0.717, 1.165) is 25.0 Å². The molecule has 1 aliphatic rings. The number of nitriles is 1. The molecule has 8 nitrogen and oxygen atoms in total. The van der Waals surface area contributed by atoms with Crippen LogP contribution in [0.4, 0.5) is 8.78 Å². The molecular formula is C27H28ClF2N7O. The molecule has 0 saturated carbocycles. The number of nitrogens with zero attached hydrogens (tertiary/aromatic N) is 6. The van der Waals surface area contributed by atoms with Gasteiger partial charge in [-0.1, -0.05) is 18.2 Å². The third-order valence-corrected chi connectivity index (χ3v) is 7.22. The first-order valence-electron chi connectivity index (χ1n) is 12.1. The van der Waals surface area contributed by atoms with Crippen LogP contribution in [0.1, 0.15) is 41.8 Å². The van der Waals surface area contributed by atoms with Gasteiger partial charge in [-0.25, -0.2) is 13.8 Å². The van der Waals surface area contributed by atoms with Gasteiger partial charge in [-0.3, -0.25) is 14.0 Å². The number of aryl methyl sites for hydroxylation is 1. The van der Waals surface area contributed by atoms with E-state index < -0.39 is 11.6 Å². The highest BCUT2D eigenvalue weighted by molar-refractivity contribution is 6.34. The zero-order chi connectivity index (χ0) is 27.7. The number of allylic oxidation sites excluding steroid dienone is 5. The number of aromatic nitrogens is 4. The number of benzene rings is 1. The quantitative estimate of drug-likeness (QED) is 0.351. The highest BCUT2D eigenvalue weighted by atomic mass is 35.5. The average molecular weight is 540 g/mol. The van der Waals surface area contributed by atoms with E-state index in [1.54, 1.807) is 31.9 Å². The minimum atomic E-state index is -0.820. The number of hydrogen-bond donors (Lipinski definition) is 1. The maximum atomic E-state index is 15.5. The summed E-state index contributed by atoms with van der Waals surface area (Å²) in [5, 5.41) is 17.4. The Morgan fingerprint density at radius 1 is 1.39 bits per heavy atom. The Morgan fingerprint density at radius 2 is 2.13 bits per heavy atom. The smallest absolute Gasteiger partial charge is 0.274 e. The Morgan fingerprint density at radius 3 is 2.79 bits per heavy atom. The molecule has 1 aliphatic heterocycles. The predicted octanol–water partition coefficient (Wildman–Crippen LogP) is 5.02. The fourth-order valence-corrected chi connectivity index (χ4v) is 4.88. The molecule has 2 aromatic heterocycles. The standard InChI is InChI=1S/C27H28ClF2N7O/c1-6-17(13-31)20(29)10-15(2)26-33-24(27(38)36-9-7-8-18(14-36)32-4)16(3)37(26)23-11-19-22(12-21(23)30)34-35(5)25(19)28/h6,10-12,18,32H,1,7-9,14H2,2-5H3/b15-10+,20-17-/t18-/m1/s1. The van der Waals surface area contributed by atoms with Crippen LogP contribution >= 0.6 is 11.6 Å². The van der Waals surface area contributed by atoms with E-state index in [2.05, 4.69) is 22.0 Å². The van der Waals surface area contributed by atoms with Crippen molar-refractivity contribution in [1.82, 2.24) is 29.5 Å². The van der Waals surface area contributed by atoms with Crippen LogP contribution < -0.4 is 5.32 Å². The zero-order valence-electron chi connectivity index (χ0n) is 21.6. The van der Waals surface area contributed by atoms with Crippen molar-refractivity contribution in [2.75, 3.05) is 20.1 Å². The van der Waals surface area contributed by atoms with Crippen LogP contribution in [0.15, 0.2) is 42.3 Å². The monoisotopic (exact) mass is 539 g/mol. The van der Waals surface area contributed by atoms with Gasteiger partial charge in [0, 0.05) is 37.6 Å². The number of rotatable bonds is 6. The van der Waals surface area contributed by atoms with E-state index >= 15 is 4.39 Å². The number of imidazole rings is 1. The number of carbonyl (C=O) groups excluding carboxylic acids is 1. The second-order valence-corrected chi connectivity index (χ2v) is 9.58. The van der Waals surface area contributed by atoms with Crippen LogP contribution in [-0.2, 0) is 7.05 Å². The van der Waals surface area contributed by atoms with Gasteiger partial charge in [0.2, 0.25) is 0 Å². The average Bonchev–Trinajstić information content (AvgIpc) is 3.38. The molecule has 11 heteroatoms. The number of hydrogen-bond acceptors (Lipinski definition) is 5. The second kappa shape index (κ2) is 10.9. The van der Waals surface area contributed by atoms with Crippen molar-refractivity contribution in [2.24, 2.45) is 7.05 Å². The maximum absolute atomic E-state index is 15.5. The molecular weight excluding hydrogens is 512 g/mol. The highest BCUT2D eigenvalue weighted by Crippen LogP contribution is 2.32. The fraction of sp³-hybridized carbons (Fsp3) is 0.333. The van der Waals surface area contributed by atoms with E-state index in [9.17, 15) is 14.4 Å². The number of piperidine rings is 1. The molecule has 0 spiro atoms. The molecule has 0 radical (unpaired) electrons. The minimum absolute atomic E-state index is 0.0829. The van der Waals surface area contributed by atoms with Crippen LogP contribution in [0.5, 0.6) is 0 Å². The lowest BCUT2D eigenvalue weighted by Crippen LogP contribution is -2.47. The number of fused-ring (bicyclic) bond motifs is 1. The number of halogens is 3. The number of nitrogens with one attached hydrogen (secondary N) is 1. The SMILES string of the molecule is C=C/C(C#N)=C(F)\C=C(/C)c1nc(C(=O)N2CCC[C@@H](NC)C2)c(C)n1-c1cc2c(Cl)n(C)nc2cc1F. The first kappa shape index (κ1) is 27.2. The summed E-state index contributed by atoms with van der Waals surface area (Å²) in [6.45, 7) is 7.79. The summed E-state index contributed by atoms with van der Waals surface area (Å²) < 4.78 is 33.2. The lowest BCUT2D eigenvalue weighted by Gasteiger charge is -2.32. The Hall–Kier alpha value is -3.81. The largest absolute Gasteiger partial charge is 0.336 e. The predicted molar refractivity (Wildman–Crippen MR) is 143 cm³/mol. The summed E-state index contributed by atoms with van der Waals surface area (Å²) in [5.41, 5.74) is 0.997. The lowest BCUT2D eigenvalue weighted by molar-refractivity contribution is 0.0692. The molecule has 198 valence electrons. The zero-order valence-corrected chi connectivity index (χ0v) is 22.4. The van der Waals surface area contributed by atoms with E-state index in [1.807, 2.05) is 7.05 Å². The van der Waals surface area contributed by atoms with E-state index in [1.165, 1.54) is 21.4 Å². The maximum Gasteiger partial charge on any atom is 0.274 e. The van der Waals surface area contributed by atoms with Crippen molar-refractivity contribution in [3.63, 3.8) is 0 Å². The Balaban J connectivity index is 1.94. The molecule has 4 rings (SSSR count). The first-order valence-corrected chi connectivity index (χ1v) is 12.5. The van der Waals surface area contributed by atoms with Crippen molar-refractivity contribution in [3.8, 4) is 11.8 Å². The molecule has 0 aliphatic carbocycles. The van der Waals surface area contributed by atoms with E-state index in [4.69, 9.17) is 11.6 Å². The number of carbonyl (C=O) groups is 1. The summed E-state index contributed by atoms with van der Waals surface area (Å²) >= 11 is 6.40. The highest BCUT2D eigenvalue weighted by Gasteiger charge is 2.30. The van der Waals surface area contributed by atoms with Gasteiger partial charge in [0.1, 0.15) is 34.4 Å². The molecule has 1 atom stereocenters. The van der Waals surface area contributed by atoms with E-state index in [-0.39, 0.29) is 40.3 Å². The Labute approximate surface area is 224 Å². The molecule has 1 saturated heterocycles. The molecule has 1 aromatic carbocycles. The van der Waals surface area contributed by atoms with Crippen molar-refractivity contribution in [2.45, 2.75) is 32.7 Å². The van der Waals surface area contributed by atoms with Gasteiger partial charge >= 0.3 is 0 Å². The molecule has 3 aromatic rings. The molecule has 1 fully saturated rings. The summed E-state index contributed by atoms with van der Waals surface area (Å²) in [4.78, 5) is 19.9. The Kier molecular flexibility index (Phi) is 7.81. The van der Waals surface area contributed by atoms with Crippen molar-refractivity contribution < 1.29 is 13.6 Å². The third kappa shape index (κ3) is 4.87. The van der Waals surface area contributed by atoms with Gasteiger partial charge in [-0.2, -0.15) is 10.4 Å². The van der Waals surface area contributed by atoms with Crippen LogP contribution in [0.3, 0.4) is 0 Å². The van der Waals surface area contributed by atoms with Crippen LogP contribution in [-0.4, -0.2) is 56.3 Å². The normalized spacial score (nSPS) is 16.9. The molecule has 38 heavy (non-hydrogen) atoms. The topological polar surface area (TPSA) is 91.8 Å². The summed E-state index contributed by atoms with van der Waals surface area (Å²) in [7, 11) is 3.50. The van der Waals surface area contributed by atoms with E-state index in [0.29, 0.717) is 34.8 Å². The fourth-order valence-electron chi connectivity index (χ4n) is 4.69. The molecule has 1 amide bonds. The van der Waals surface area contributed by atoms with Crippen molar-refractivity contribution >= 4 is 34.0 Å². The molecule has 3 heterocycles. The van der Waals surface area contributed by atoms with Gasteiger partial charge < -0.3 is 10.2 Å². The van der Waals surface area contributed by atoms with Crippen LogP contribution in [0, 0.1) is 24.1 Å². The summed E-state index contributed by atoms with van der Waals surface area (Å²) in [6.07, 6.45) is 4.02. The van der Waals surface area contributed by atoms with Crippen molar-refractivity contribution in [1.29, 1.82) is 5.26 Å². The van der Waals surface area contributed by atoms with Crippen molar-refractivity contribution in [3.05, 3.63) is 70.4 Å². The first-order chi connectivity index (χ1) is 18.1. The van der Waals surface area contributed by atoms with Gasteiger partial charge in [-0.05, 0) is 57.5 Å². The molecule has 1 N–H and O–H groups in total. The molecule has 0 unspecified atom stereocenters. The second-order valence-electron chi connectivity index (χ2n) is 9.22. The number of likely N-dealkylation sites (tertiary alicyclic amines) is 1. The van der Waals surface area contributed by atoms with Gasteiger partial charge in [0.15, 0.2) is 0 Å². The summed E-state index contributed by atoms with van der Waals surface area (Å²) in [5.74, 6) is -1.58. The Bertz CT molecular complexity index is 1540. The molecule has 0 bridgehead atoms. The third-order valence-electron chi connectivity index (χ3n) is 6.78. The number of amides is 1. The summed E-state index contributed by atoms with van der Waals surface area (Å²) in [6, 6.07) is 4.70. The lowest BCUT2D eigenvalue weighted by atomic mass is 10.1. The van der Waals surface area contributed by atoms with Gasteiger partial charge in [0.05, 0.1) is 22.5 Å². The minimum Gasteiger partial charge on any atom is -0.336 e. The van der Waals surface area contributed by atoms with Crippen LogP contribution in [0.2, 0.25) is 5.15 Å². The van der Waals surface area contributed by atoms with Gasteiger partial charge in [-0.15, -0.1) is 0 Å². The number of likely N-dealkylation sites (N-methyl/N-ethyl adjacent to an activating group) is 1.